The number of hydrogen-bond acceptors (Lipinski definition) is 5. The molecule has 0 amide bonds. The van der Waals surface area contributed by atoms with Crippen LogP contribution in [0.2, 0.25) is 0 Å². The van der Waals surface area contributed by atoms with Crippen LogP contribution in [0.25, 0.3) is 0 Å². The number of pyridine rings is 1. The number of nitrogens with two attached hydrogens (primary N) is 1. The Morgan fingerprint density at radius 2 is 2.26 bits per heavy atom. The minimum absolute atomic E-state index is 0.102. The second-order valence-electron chi connectivity index (χ2n) is 4.72. The minimum atomic E-state index is -3.47. The molecular formula is C12H19N3O3S. The summed E-state index contributed by atoms with van der Waals surface area (Å²) in [7, 11) is -3.47. The van der Waals surface area contributed by atoms with Crippen LogP contribution >= 0.6 is 0 Å². The molecule has 0 aliphatic carbocycles. The lowest BCUT2D eigenvalue weighted by atomic mass is 10.1. The molecule has 1 unspecified atom stereocenters. The van der Waals surface area contributed by atoms with Gasteiger partial charge in [0.2, 0.25) is 10.0 Å². The first-order valence-corrected chi connectivity index (χ1v) is 7.78. The van der Waals surface area contributed by atoms with Crippen LogP contribution in [-0.2, 0) is 16.6 Å². The van der Waals surface area contributed by atoms with Gasteiger partial charge in [0, 0.05) is 32.4 Å². The highest BCUT2D eigenvalue weighted by molar-refractivity contribution is 7.89. The Hall–Kier alpha value is -1.02. The molecule has 1 fully saturated rings. The van der Waals surface area contributed by atoms with Crippen LogP contribution < -0.4 is 5.73 Å². The molecule has 1 atom stereocenters. The maximum Gasteiger partial charge on any atom is 0.244 e. The van der Waals surface area contributed by atoms with E-state index in [0.717, 1.165) is 6.42 Å². The predicted octanol–water partition coefficient (Wildman–Crippen LogP) is -0.0667. The highest BCUT2D eigenvalue weighted by Gasteiger charge is 2.32. The summed E-state index contributed by atoms with van der Waals surface area (Å²) in [4.78, 5) is 4.22. The molecule has 0 bridgehead atoms. The van der Waals surface area contributed by atoms with Crippen LogP contribution in [0, 0.1) is 5.92 Å². The van der Waals surface area contributed by atoms with Crippen molar-refractivity contribution in [3.05, 3.63) is 24.0 Å². The average Bonchev–Trinajstić information content (AvgIpc) is 2.89. The van der Waals surface area contributed by atoms with E-state index in [4.69, 9.17) is 10.8 Å². The van der Waals surface area contributed by atoms with E-state index in [9.17, 15) is 8.42 Å². The van der Waals surface area contributed by atoms with Crippen LogP contribution in [0.3, 0.4) is 0 Å². The summed E-state index contributed by atoms with van der Waals surface area (Å²) in [6.07, 6.45) is 2.81. The first-order valence-electron chi connectivity index (χ1n) is 6.34. The van der Waals surface area contributed by atoms with Crippen LogP contribution in [0.4, 0.5) is 0 Å². The van der Waals surface area contributed by atoms with Crippen molar-refractivity contribution in [1.82, 2.24) is 9.29 Å². The van der Waals surface area contributed by atoms with Gasteiger partial charge in [-0.25, -0.2) is 8.42 Å². The smallest absolute Gasteiger partial charge is 0.244 e. The molecule has 1 aliphatic rings. The molecule has 2 rings (SSSR count). The monoisotopic (exact) mass is 285 g/mol. The summed E-state index contributed by atoms with van der Waals surface area (Å²) >= 11 is 0. The molecule has 1 saturated heterocycles. The molecule has 3 N–H and O–H groups in total. The first-order chi connectivity index (χ1) is 9.07. The fourth-order valence-corrected chi connectivity index (χ4v) is 3.74. The SMILES string of the molecule is NCc1ccc(S(=O)(=O)N2CCC(CCO)C2)cn1. The van der Waals surface area contributed by atoms with Gasteiger partial charge in [-0.2, -0.15) is 4.31 Å². The van der Waals surface area contributed by atoms with Crippen molar-refractivity contribution in [2.24, 2.45) is 11.7 Å². The number of nitrogens with zero attached hydrogens (tertiary/aromatic N) is 2. The van der Waals surface area contributed by atoms with Gasteiger partial charge < -0.3 is 10.8 Å². The van der Waals surface area contributed by atoms with E-state index in [1.165, 1.54) is 10.5 Å². The molecule has 0 spiro atoms. The normalized spacial score (nSPS) is 20.8. The van der Waals surface area contributed by atoms with Crippen molar-refractivity contribution in [1.29, 1.82) is 0 Å². The third-order valence-corrected chi connectivity index (χ3v) is 5.28. The number of aliphatic hydroxyl groups excluding tert-OH is 1. The number of sulfonamides is 1. The van der Waals surface area contributed by atoms with Crippen molar-refractivity contribution in [3.8, 4) is 0 Å². The Kier molecular flexibility index (Phi) is 4.51. The van der Waals surface area contributed by atoms with E-state index in [1.807, 2.05) is 0 Å². The second kappa shape index (κ2) is 5.96. The van der Waals surface area contributed by atoms with Crippen molar-refractivity contribution in [3.63, 3.8) is 0 Å². The van der Waals surface area contributed by atoms with E-state index >= 15 is 0 Å². The molecule has 19 heavy (non-hydrogen) atoms. The maximum atomic E-state index is 12.4. The number of aliphatic hydroxyl groups is 1. The van der Waals surface area contributed by atoms with Gasteiger partial charge in [0.1, 0.15) is 4.90 Å². The van der Waals surface area contributed by atoms with Gasteiger partial charge in [0.25, 0.3) is 0 Å². The van der Waals surface area contributed by atoms with Crippen LogP contribution in [0.5, 0.6) is 0 Å². The third kappa shape index (κ3) is 3.11. The zero-order chi connectivity index (χ0) is 13.9. The summed E-state index contributed by atoms with van der Waals surface area (Å²) in [6, 6.07) is 3.18. The molecule has 0 saturated carbocycles. The van der Waals surface area contributed by atoms with Gasteiger partial charge in [-0.1, -0.05) is 0 Å². The lowest BCUT2D eigenvalue weighted by molar-refractivity contribution is 0.259. The molecule has 6 nitrogen and oxygen atoms in total. The second-order valence-corrected chi connectivity index (χ2v) is 6.66. The Morgan fingerprint density at radius 1 is 1.47 bits per heavy atom. The van der Waals surface area contributed by atoms with E-state index in [0.29, 0.717) is 31.7 Å². The largest absolute Gasteiger partial charge is 0.396 e. The fraction of sp³-hybridized carbons (Fsp3) is 0.583. The number of aromatic nitrogens is 1. The zero-order valence-electron chi connectivity index (χ0n) is 10.7. The summed E-state index contributed by atoms with van der Waals surface area (Å²) < 4.78 is 26.2. The topological polar surface area (TPSA) is 96.5 Å². The Bertz CT molecular complexity index is 516. The molecule has 0 radical (unpaired) electrons. The number of rotatable bonds is 5. The lowest BCUT2D eigenvalue weighted by Crippen LogP contribution is -2.29. The summed E-state index contributed by atoms with van der Waals surface area (Å²) in [5.41, 5.74) is 6.10. The molecular weight excluding hydrogens is 266 g/mol. The van der Waals surface area contributed by atoms with Gasteiger partial charge in [0.15, 0.2) is 0 Å². The van der Waals surface area contributed by atoms with Crippen LogP contribution in [0.1, 0.15) is 18.5 Å². The van der Waals surface area contributed by atoms with Gasteiger partial charge >= 0.3 is 0 Å². The van der Waals surface area contributed by atoms with Crippen LogP contribution in [0.15, 0.2) is 23.2 Å². The Balaban J connectivity index is 2.13. The van der Waals surface area contributed by atoms with Gasteiger partial charge in [-0.3, -0.25) is 4.98 Å². The van der Waals surface area contributed by atoms with E-state index in [-0.39, 0.29) is 17.4 Å². The number of hydrogen-bond donors (Lipinski definition) is 2. The highest BCUT2D eigenvalue weighted by atomic mass is 32.2. The van der Waals surface area contributed by atoms with Crippen molar-refractivity contribution in [2.75, 3.05) is 19.7 Å². The first kappa shape index (κ1) is 14.4. The molecule has 7 heteroatoms. The molecule has 1 aromatic heterocycles. The standard InChI is InChI=1S/C12H19N3O3S/c13-7-11-1-2-12(8-14-11)19(17,18)15-5-3-10(9-15)4-6-16/h1-2,8,10,16H,3-7,9,13H2. The molecule has 1 aromatic rings. The predicted molar refractivity (Wildman–Crippen MR) is 70.7 cm³/mol. The van der Waals surface area contributed by atoms with Crippen molar-refractivity contribution in [2.45, 2.75) is 24.3 Å². The maximum absolute atomic E-state index is 12.4. The van der Waals surface area contributed by atoms with Gasteiger partial charge in [0.05, 0.1) is 5.69 Å². The Morgan fingerprint density at radius 3 is 2.84 bits per heavy atom. The average molecular weight is 285 g/mol. The lowest BCUT2D eigenvalue weighted by Gasteiger charge is -2.16. The van der Waals surface area contributed by atoms with E-state index < -0.39 is 10.0 Å². The van der Waals surface area contributed by atoms with E-state index in [2.05, 4.69) is 4.98 Å². The molecule has 0 aromatic carbocycles. The molecule has 1 aliphatic heterocycles. The minimum Gasteiger partial charge on any atom is -0.396 e. The third-order valence-electron chi connectivity index (χ3n) is 3.43. The van der Waals surface area contributed by atoms with Crippen LogP contribution in [-0.4, -0.2) is 42.5 Å². The molecule has 106 valence electrons. The van der Waals surface area contributed by atoms with Gasteiger partial charge in [-0.05, 0) is 30.9 Å². The summed E-state index contributed by atoms with van der Waals surface area (Å²) in [6.45, 7) is 1.38. The Labute approximate surface area is 113 Å². The summed E-state index contributed by atoms with van der Waals surface area (Å²) in [5, 5.41) is 8.90. The quantitative estimate of drug-likeness (QED) is 0.789. The van der Waals surface area contributed by atoms with Crippen molar-refractivity contribution < 1.29 is 13.5 Å². The fourth-order valence-electron chi connectivity index (χ4n) is 2.27. The summed E-state index contributed by atoms with van der Waals surface area (Å²) in [5.74, 6) is 0.246. The van der Waals surface area contributed by atoms with E-state index in [1.54, 1.807) is 12.1 Å². The van der Waals surface area contributed by atoms with Gasteiger partial charge in [-0.15, -0.1) is 0 Å². The van der Waals surface area contributed by atoms with Crippen molar-refractivity contribution >= 4 is 10.0 Å². The zero-order valence-corrected chi connectivity index (χ0v) is 11.5. The highest BCUT2D eigenvalue weighted by Crippen LogP contribution is 2.25. The molecule has 2 heterocycles.